The lowest BCUT2D eigenvalue weighted by Gasteiger charge is -2.23. The fourth-order valence-corrected chi connectivity index (χ4v) is 1.46. The molecule has 0 aliphatic rings. The Bertz CT molecular complexity index is 337. The molecule has 2 heteroatoms. The molecular formula is C12H19NO. The minimum Gasteiger partial charge on any atom is -0.496 e. The molecule has 14 heavy (non-hydrogen) atoms. The number of benzene rings is 1. The van der Waals surface area contributed by atoms with Gasteiger partial charge in [-0.25, -0.2) is 0 Å². The standard InChI is InChI=1S/C12H19NO/c1-8-6-9(12(2,3)4)11(14-5)7-10(8)13/h6-7H,13H2,1-5H3. The van der Waals surface area contributed by atoms with Crippen LogP contribution in [0.5, 0.6) is 5.75 Å². The molecule has 1 rings (SSSR count). The Morgan fingerprint density at radius 1 is 1.21 bits per heavy atom. The van der Waals surface area contributed by atoms with Crippen molar-refractivity contribution in [1.82, 2.24) is 0 Å². The lowest BCUT2D eigenvalue weighted by Crippen LogP contribution is -2.13. The summed E-state index contributed by atoms with van der Waals surface area (Å²) in [6.45, 7) is 8.52. The van der Waals surface area contributed by atoms with Gasteiger partial charge in [0.15, 0.2) is 0 Å². The Balaban J connectivity index is 3.35. The Morgan fingerprint density at radius 3 is 2.21 bits per heavy atom. The largest absolute Gasteiger partial charge is 0.496 e. The molecule has 1 aromatic carbocycles. The molecule has 0 atom stereocenters. The molecule has 0 aromatic heterocycles. The van der Waals surface area contributed by atoms with E-state index in [1.54, 1.807) is 7.11 Å². The molecule has 0 spiro atoms. The minimum absolute atomic E-state index is 0.0871. The first kappa shape index (κ1) is 10.9. The van der Waals surface area contributed by atoms with Gasteiger partial charge in [0.05, 0.1) is 7.11 Å². The second kappa shape index (κ2) is 3.52. The van der Waals surface area contributed by atoms with Crippen LogP contribution in [0.2, 0.25) is 0 Å². The van der Waals surface area contributed by atoms with E-state index in [2.05, 4.69) is 26.8 Å². The number of hydrogen-bond acceptors (Lipinski definition) is 2. The van der Waals surface area contributed by atoms with Crippen molar-refractivity contribution in [2.75, 3.05) is 12.8 Å². The maximum absolute atomic E-state index is 5.83. The van der Waals surface area contributed by atoms with Crippen molar-refractivity contribution in [3.8, 4) is 5.75 Å². The van der Waals surface area contributed by atoms with Gasteiger partial charge in [-0.2, -0.15) is 0 Å². The molecular weight excluding hydrogens is 174 g/mol. The second-order valence-electron chi connectivity index (χ2n) is 4.66. The molecule has 0 fully saturated rings. The van der Waals surface area contributed by atoms with Gasteiger partial charge in [-0.05, 0) is 29.5 Å². The van der Waals surface area contributed by atoms with Crippen molar-refractivity contribution < 1.29 is 4.74 Å². The lowest BCUT2D eigenvalue weighted by atomic mass is 9.85. The molecule has 2 nitrogen and oxygen atoms in total. The van der Waals surface area contributed by atoms with Crippen LogP contribution in [-0.2, 0) is 5.41 Å². The van der Waals surface area contributed by atoms with Gasteiger partial charge >= 0.3 is 0 Å². The van der Waals surface area contributed by atoms with Crippen molar-refractivity contribution in [3.05, 3.63) is 23.3 Å². The topological polar surface area (TPSA) is 35.2 Å². The number of rotatable bonds is 1. The maximum atomic E-state index is 5.83. The molecule has 2 N–H and O–H groups in total. The minimum atomic E-state index is 0.0871. The summed E-state index contributed by atoms with van der Waals surface area (Å²) in [5.41, 5.74) is 9.01. The number of nitrogens with two attached hydrogens (primary N) is 1. The summed E-state index contributed by atoms with van der Waals surface area (Å²) in [6, 6.07) is 4.00. The smallest absolute Gasteiger partial charge is 0.124 e. The molecule has 0 radical (unpaired) electrons. The number of aryl methyl sites for hydroxylation is 1. The molecule has 0 heterocycles. The number of ether oxygens (including phenoxy) is 1. The Morgan fingerprint density at radius 2 is 1.79 bits per heavy atom. The third-order valence-electron chi connectivity index (χ3n) is 2.40. The van der Waals surface area contributed by atoms with E-state index in [0.717, 1.165) is 17.0 Å². The predicted octanol–water partition coefficient (Wildman–Crippen LogP) is 2.88. The highest BCUT2D eigenvalue weighted by molar-refractivity contribution is 5.56. The van der Waals surface area contributed by atoms with Gasteiger partial charge < -0.3 is 10.5 Å². The summed E-state index contributed by atoms with van der Waals surface area (Å²) >= 11 is 0. The highest BCUT2D eigenvalue weighted by Crippen LogP contribution is 2.34. The van der Waals surface area contributed by atoms with Gasteiger partial charge in [-0.15, -0.1) is 0 Å². The summed E-state index contributed by atoms with van der Waals surface area (Å²) < 4.78 is 5.33. The summed E-state index contributed by atoms with van der Waals surface area (Å²) in [5, 5.41) is 0. The van der Waals surface area contributed by atoms with E-state index in [0.29, 0.717) is 0 Å². The van der Waals surface area contributed by atoms with E-state index in [9.17, 15) is 0 Å². The number of hydrogen-bond donors (Lipinski definition) is 1. The van der Waals surface area contributed by atoms with Gasteiger partial charge in [0.1, 0.15) is 5.75 Å². The van der Waals surface area contributed by atoms with Crippen LogP contribution in [0.4, 0.5) is 5.69 Å². The van der Waals surface area contributed by atoms with Crippen molar-refractivity contribution in [2.45, 2.75) is 33.1 Å². The van der Waals surface area contributed by atoms with Crippen molar-refractivity contribution in [3.63, 3.8) is 0 Å². The summed E-state index contributed by atoms with van der Waals surface area (Å²) in [5.74, 6) is 0.876. The van der Waals surface area contributed by atoms with Crippen molar-refractivity contribution in [2.24, 2.45) is 0 Å². The molecule has 0 aliphatic carbocycles. The zero-order chi connectivity index (χ0) is 10.9. The van der Waals surface area contributed by atoms with Gasteiger partial charge in [-0.1, -0.05) is 20.8 Å². The summed E-state index contributed by atoms with van der Waals surface area (Å²) in [6.07, 6.45) is 0. The van der Waals surface area contributed by atoms with Gasteiger partial charge in [-0.3, -0.25) is 0 Å². The average molecular weight is 193 g/mol. The zero-order valence-electron chi connectivity index (χ0n) is 9.64. The van der Waals surface area contributed by atoms with E-state index >= 15 is 0 Å². The second-order valence-corrected chi connectivity index (χ2v) is 4.66. The molecule has 0 amide bonds. The zero-order valence-corrected chi connectivity index (χ0v) is 9.64. The Labute approximate surface area is 86.1 Å². The Hall–Kier alpha value is -1.18. The van der Waals surface area contributed by atoms with E-state index in [1.807, 2.05) is 13.0 Å². The molecule has 78 valence electrons. The van der Waals surface area contributed by atoms with E-state index in [-0.39, 0.29) is 5.41 Å². The Kier molecular flexibility index (Phi) is 2.74. The fourth-order valence-electron chi connectivity index (χ4n) is 1.46. The number of nitrogen functional groups attached to an aromatic ring is 1. The van der Waals surface area contributed by atoms with Crippen LogP contribution in [0.15, 0.2) is 12.1 Å². The van der Waals surface area contributed by atoms with Crippen molar-refractivity contribution in [1.29, 1.82) is 0 Å². The third kappa shape index (κ3) is 2.00. The number of anilines is 1. The van der Waals surface area contributed by atoms with E-state index in [1.165, 1.54) is 5.56 Å². The van der Waals surface area contributed by atoms with E-state index < -0.39 is 0 Å². The molecule has 0 bridgehead atoms. The molecule has 1 aromatic rings. The van der Waals surface area contributed by atoms with Crippen LogP contribution in [0, 0.1) is 6.92 Å². The maximum Gasteiger partial charge on any atom is 0.124 e. The highest BCUT2D eigenvalue weighted by Gasteiger charge is 2.19. The van der Waals surface area contributed by atoms with Crippen molar-refractivity contribution >= 4 is 5.69 Å². The van der Waals surface area contributed by atoms with Gasteiger partial charge in [0.2, 0.25) is 0 Å². The van der Waals surface area contributed by atoms with Gasteiger partial charge in [0.25, 0.3) is 0 Å². The number of methoxy groups -OCH3 is 1. The molecule has 0 aliphatic heterocycles. The summed E-state index contributed by atoms with van der Waals surface area (Å²) in [4.78, 5) is 0. The first-order chi connectivity index (χ1) is 6.36. The monoisotopic (exact) mass is 193 g/mol. The first-order valence-electron chi connectivity index (χ1n) is 4.81. The average Bonchev–Trinajstić information content (AvgIpc) is 2.07. The fraction of sp³-hybridized carbons (Fsp3) is 0.500. The lowest BCUT2D eigenvalue weighted by molar-refractivity contribution is 0.397. The first-order valence-corrected chi connectivity index (χ1v) is 4.81. The van der Waals surface area contributed by atoms with Gasteiger partial charge in [0, 0.05) is 11.8 Å². The van der Waals surface area contributed by atoms with Crippen LogP contribution in [0.25, 0.3) is 0 Å². The van der Waals surface area contributed by atoms with E-state index in [4.69, 9.17) is 10.5 Å². The van der Waals surface area contributed by atoms with Crippen LogP contribution < -0.4 is 10.5 Å². The summed E-state index contributed by atoms with van der Waals surface area (Å²) in [7, 11) is 1.68. The SMILES string of the molecule is COc1cc(N)c(C)cc1C(C)(C)C. The quantitative estimate of drug-likeness (QED) is 0.696. The predicted molar refractivity (Wildman–Crippen MR) is 60.8 cm³/mol. The van der Waals surface area contributed by atoms with Crippen LogP contribution in [0.1, 0.15) is 31.9 Å². The van der Waals surface area contributed by atoms with Crippen LogP contribution in [-0.4, -0.2) is 7.11 Å². The third-order valence-corrected chi connectivity index (χ3v) is 2.40. The molecule has 0 saturated heterocycles. The molecule has 0 saturated carbocycles. The molecule has 0 unspecified atom stereocenters. The van der Waals surface area contributed by atoms with Crippen LogP contribution >= 0.6 is 0 Å². The van der Waals surface area contributed by atoms with Crippen LogP contribution in [0.3, 0.4) is 0 Å². The normalized spacial score (nSPS) is 11.5. The highest BCUT2D eigenvalue weighted by atomic mass is 16.5.